The smallest absolute Gasteiger partial charge is 0.126 e. The molecule has 0 aromatic rings. The highest BCUT2D eigenvalue weighted by molar-refractivity contribution is 7.84. The summed E-state index contributed by atoms with van der Waals surface area (Å²) in [7, 11) is 0. The molecule has 1 aliphatic carbocycles. The van der Waals surface area contributed by atoms with E-state index in [1.54, 1.807) is 0 Å². The van der Waals surface area contributed by atoms with Gasteiger partial charge in [-0.05, 0) is 38.5 Å². The zero-order valence-corrected chi connectivity index (χ0v) is 12.9. The van der Waals surface area contributed by atoms with Crippen LogP contribution in [0.5, 0.6) is 0 Å². The summed E-state index contributed by atoms with van der Waals surface area (Å²) in [5, 5.41) is 0. The van der Waals surface area contributed by atoms with Gasteiger partial charge in [-0.25, -0.2) is 0 Å². The number of carbonyl (C=O) groups is 1. The molecule has 104 valence electrons. The molecule has 0 aromatic heterocycles. The minimum Gasteiger partial charge on any atom is -0.490 e. The third-order valence-corrected chi connectivity index (χ3v) is 3.35. The van der Waals surface area contributed by atoms with Crippen LogP contribution in [0.4, 0.5) is 0 Å². The Morgan fingerprint density at radius 1 is 1.33 bits per heavy atom. The predicted octanol–water partition coefficient (Wildman–Crippen LogP) is 4.38. The third-order valence-electron chi connectivity index (χ3n) is 3.10. The van der Waals surface area contributed by atoms with Crippen molar-refractivity contribution in [3.8, 4) is 0 Å². The summed E-state index contributed by atoms with van der Waals surface area (Å²) in [6, 6.07) is 0. The monoisotopic (exact) mass is 270 g/mol. The van der Waals surface area contributed by atoms with Crippen LogP contribution in [0.15, 0.2) is 23.8 Å². The fraction of sp³-hybridized carbons (Fsp3) is 0.667. The Morgan fingerprint density at radius 3 is 2.17 bits per heavy atom. The van der Waals surface area contributed by atoms with Gasteiger partial charge in [0.25, 0.3) is 0 Å². The van der Waals surface area contributed by atoms with Crippen molar-refractivity contribution in [3.05, 3.63) is 23.8 Å². The number of hydrogen-bond acceptors (Lipinski definition) is 3. The van der Waals surface area contributed by atoms with Gasteiger partial charge < -0.3 is 9.53 Å². The van der Waals surface area contributed by atoms with Crippen LogP contribution in [0.3, 0.4) is 0 Å². The van der Waals surface area contributed by atoms with Gasteiger partial charge in [0.2, 0.25) is 0 Å². The van der Waals surface area contributed by atoms with Crippen molar-refractivity contribution < 1.29 is 9.53 Å². The third kappa shape index (κ3) is 6.90. The molecule has 0 saturated heterocycles. The van der Waals surface area contributed by atoms with Crippen LogP contribution < -0.4 is 0 Å². The van der Waals surface area contributed by atoms with Crippen molar-refractivity contribution in [2.24, 2.45) is 11.8 Å². The average molecular weight is 270 g/mol. The standard InChI is InChI=1S/C12H20OS.C3H6O/c1-5-11-6-8(2)12(7-11)13-9(3)10(4)14;1-3(2)4/h8,11-12,14H,3-7H2,1-2H3;1-2H3. The van der Waals surface area contributed by atoms with Gasteiger partial charge in [0.1, 0.15) is 17.6 Å². The van der Waals surface area contributed by atoms with Gasteiger partial charge in [0.15, 0.2) is 0 Å². The Labute approximate surface area is 117 Å². The molecule has 0 bridgehead atoms. The van der Waals surface area contributed by atoms with E-state index in [0.717, 1.165) is 12.3 Å². The van der Waals surface area contributed by atoms with E-state index in [4.69, 9.17) is 4.74 Å². The molecule has 2 nitrogen and oxygen atoms in total. The molecule has 0 N–H and O–H groups in total. The van der Waals surface area contributed by atoms with Crippen LogP contribution in [0.25, 0.3) is 0 Å². The summed E-state index contributed by atoms with van der Waals surface area (Å²) in [5.74, 6) is 2.24. The second-order valence-corrected chi connectivity index (χ2v) is 5.70. The molecule has 0 spiro atoms. The first kappa shape index (κ1) is 17.3. The molecule has 1 saturated carbocycles. The molecule has 1 fully saturated rings. The lowest BCUT2D eigenvalue weighted by atomic mass is 10.0. The van der Waals surface area contributed by atoms with Crippen LogP contribution in [-0.4, -0.2) is 11.9 Å². The van der Waals surface area contributed by atoms with E-state index in [-0.39, 0.29) is 5.78 Å². The lowest BCUT2D eigenvalue weighted by Crippen LogP contribution is -2.15. The van der Waals surface area contributed by atoms with E-state index in [1.165, 1.54) is 26.7 Å². The molecule has 1 rings (SSSR count). The Kier molecular flexibility index (Phi) is 8.08. The Bertz CT molecular complexity index is 306. The molecule has 0 aliphatic heterocycles. The van der Waals surface area contributed by atoms with Crippen molar-refractivity contribution in [3.63, 3.8) is 0 Å². The van der Waals surface area contributed by atoms with Crippen molar-refractivity contribution >= 4 is 18.4 Å². The number of thiol groups is 1. The molecule has 3 unspecified atom stereocenters. The summed E-state index contributed by atoms with van der Waals surface area (Å²) in [4.78, 5) is 10.1. The first-order chi connectivity index (χ1) is 8.27. The summed E-state index contributed by atoms with van der Waals surface area (Å²) < 4.78 is 5.75. The molecular weight excluding hydrogens is 244 g/mol. The summed E-state index contributed by atoms with van der Waals surface area (Å²) in [6.07, 6.45) is 3.99. The van der Waals surface area contributed by atoms with Gasteiger partial charge in [0, 0.05) is 4.91 Å². The maximum atomic E-state index is 9.44. The lowest BCUT2D eigenvalue weighted by Gasteiger charge is -2.19. The highest BCUT2D eigenvalue weighted by atomic mass is 32.1. The second-order valence-electron chi connectivity index (χ2n) is 5.16. The first-order valence-corrected chi connectivity index (χ1v) is 6.93. The summed E-state index contributed by atoms with van der Waals surface area (Å²) in [6.45, 7) is 15.0. The zero-order valence-electron chi connectivity index (χ0n) is 12.0. The SMILES string of the molecule is C=C(S)C(=C)OC1CC(CC)CC1C.CC(C)=O. The van der Waals surface area contributed by atoms with Crippen LogP contribution in [0.1, 0.15) is 47.0 Å². The maximum absolute atomic E-state index is 9.44. The quantitative estimate of drug-likeness (QED) is 0.466. The van der Waals surface area contributed by atoms with Crippen molar-refractivity contribution in [1.82, 2.24) is 0 Å². The molecule has 1 aliphatic rings. The van der Waals surface area contributed by atoms with Crippen LogP contribution in [0.2, 0.25) is 0 Å². The minimum atomic E-state index is 0.167. The first-order valence-electron chi connectivity index (χ1n) is 6.48. The fourth-order valence-electron chi connectivity index (χ4n) is 2.08. The Hall–Kier alpha value is -0.700. The van der Waals surface area contributed by atoms with E-state index in [9.17, 15) is 4.79 Å². The molecule has 18 heavy (non-hydrogen) atoms. The highest BCUT2D eigenvalue weighted by Crippen LogP contribution is 2.36. The molecule has 0 heterocycles. The van der Waals surface area contributed by atoms with Crippen molar-refractivity contribution in [2.45, 2.75) is 53.1 Å². The van der Waals surface area contributed by atoms with Gasteiger partial charge >= 0.3 is 0 Å². The fourth-order valence-corrected chi connectivity index (χ4v) is 2.14. The number of rotatable bonds is 4. The summed E-state index contributed by atoms with van der Waals surface area (Å²) >= 11 is 4.12. The molecule has 0 aromatic carbocycles. The maximum Gasteiger partial charge on any atom is 0.126 e. The van der Waals surface area contributed by atoms with Crippen LogP contribution >= 0.6 is 12.6 Å². The van der Waals surface area contributed by atoms with E-state index in [1.807, 2.05) is 0 Å². The topological polar surface area (TPSA) is 26.3 Å². The van der Waals surface area contributed by atoms with Crippen LogP contribution in [0, 0.1) is 11.8 Å². The number of ketones is 1. The van der Waals surface area contributed by atoms with Gasteiger partial charge in [-0.3, -0.25) is 0 Å². The number of ether oxygens (including phenoxy) is 1. The second kappa shape index (κ2) is 8.41. The molecule has 0 radical (unpaired) electrons. The van der Waals surface area contributed by atoms with Crippen molar-refractivity contribution in [2.75, 3.05) is 0 Å². The number of Topliss-reactive ketones (excluding diaryl/α,β-unsaturated/α-hetero) is 1. The molecule has 3 heteroatoms. The molecular formula is C15H26O2S. The van der Waals surface area contributed by atoms with Gasteiger partial charge in [-0.2, -0.15) is 0 Å². The van der Waals surface area contributed by atoms with E-state index in [0.29, 0.717) is 22.7 Å². The number of carbonyl (C=O) groups excluding carboxylic acids is 1. The Morgan fingerprint density at radius 2 is 1.83 bits per heavy atom. The van der Waals surface area contributed by atoms with Crippen molar-refractivity contribution in [1.29, 1.82) is 0 Å². The van der Waals surface area contributed by atoms with Gasteiger partial charge in [-0.1, -0.05) is 33.4 Å². The van der Waals surface area contributed by atoms with Crippen LogP contribution in [-0.2, 0) is 9.53 Å². The number of hydrogen-bond donors (Lipinski definition) is 1. The normalized spacial score (nSPS) is 25.9. The predicted molar refractivity (Wildman–Crippen MR) is 80.7 cm³/mol. The highest BCUT2D eigenvalue weighted by Gasteiger charge is 2.31. The summed E-state index contributed by atoms with van der Waals surface area (Å²) in [5.41, 5.74) is 0. The molecule has 0 amide bonds. The zero-order chi connectivity index (χ0) is 14.3. The van der Waals surface area contributed by atoms with E-state index >= 15 is 0 Å². The van der Waals surface area contributed by atoms with E-state index in [2.05, 4.69) is 39.6 Å². The Balaban J connectivity index is 0.000000631. The van der Waals surface area contributed by atoms with E-state index < -0.39 is 0 Å². The minimum absolute atomic E-state index is 0.167. The lowest BCUT2D eigenvalue weighted by molar-refractivity contribution is -0.114. The van der Waals surface area contributed by atoms with Gasteiger partial charge in [0.05, 0.1) is 0 Å². The van der Waals surface area contributed by atoms with Gasteiger partial charge in [-0.15, -0.1) is 12.6 Å². The average Bonchev–Trinajstić information content (AvgIpc) is 2.58. The largest absolute Gasteiger partial charge is 0.490 e. The molecule has 3 atom stereocenters.